The Hall–Kier alpha value is -2.38. The van der Waals surface area contributed by atoms with Gasteiger partial charge in [0.05, 0.1) is 11.4 Å². The Balaban J connectivity index is 2.12. The van der Waals surface area contributed by atoms with Crippen LogP contribution in [0.5, 0.6) is 0 Å². The van der Waals surface area contributed by atoms with Crippen LogP contribution in [0.15, 0.2) is 54.6 Å². The molecule has 1 unspecified atom stereocenters. The summed E-state index contributed by atoms with van der Waals surface area (Å²) in [6.45, 7) is 1.59. The second-order valence-electron chi connectivity index (χ2n) is 5.85. The Labute approximate surface area is 151 Å². The molecule has 1 N–H and O–H groups in total. The monoisotopic (exact) mass is 379 g/mol. The second-order valence-corrected chi connectivity index (χ2v) is 6.78. The third kappa shape index (κ3) is 3.73. The van der Waals surface area contributed by atoms with E-state index in [9.17, 15) is 17.4 Å². The normalized spacial score (nSPS) is 12.5. The maximum atomic E-state index is 13.4. The molecule has 136 valence electrons. The summed E-state index contributed by atoms with van der Waals surface area (Å²) < 4.78 is 61.5. The average molecular weight is 379 g/mol. The van der Waals surface area contributed by atoms with Crippen molar-refractivity contribution in [1.82, 2.24) is 4.57 Å². The van der Waals surface area contributed by atoms with E-state index in [2.05, 4.69) is 0 Å². The van der Waals surface area contributed by atoms with E-state index >= 15 is 0 Å². The first-order valence-electron chi connectivity index (χ1n) is 7.80. The molecule has 0 amide bonds. The summed E-state index contributed by atoms with van der Waals surface area (Å²) in [5, 5.41) is 0. The van der Waals surface area contributed by atoms with Gasteiger partial charge in [0.25, 0.3) is 6.43 Å². The Kier molecular flexibility index (Phi) is 5.29. The van der Waals surface area contributed by atoms with E-state index < -0.39 is 23.3 Å². The molecule has 1 aromatic heterocycles. The Bertz CT molecular complexity index is 935. The van der Waals surface area contributed by atoms with Gasteiger partial charge >= 0.3 is 0 Å². The van der Waals surface area contributed by atoms with Crippen molar-refractivity contribution in [3.8, 4) is 16.9 Å². The second kappa shape index (κ2) is 7.47. The topological polar surface area (TPSA) is 42.2 Å². The van der Waals surface area contributed by atoms with Gasteiger partial charge in [-0.1, -0.05) is 24.3 Å². The van der Waals surface area contributed by atoms with Crippen LogP contribution < -0.4 is 0 Å². The van der Waals surface area contributed by atoms with Crippen molar-refractivity contribution in [2.75, 3.05) is 0 Å². The zero-order valence-corrected chi connectivity index (χ0v) is 14.6. The van der Waals surface area contributed by atoms with Gasteiger partial charge in [0.2, 0.25) is 0 Å². The first kappa shape index (κ1) is 18.4. The van der Waals surface area contributed by atoms with Crippen molar-refractivity contribution in [3.05, 3.63) is 77.2 Å². The van der Waals surface area contributed by atoms with Crippen LogP contribution in [0.4, 0.5) is 13.2 Å². The molecule has 0 radical (unpaired) electrons. The van der Waals surface area contributed by atoms with Gasteiger partial charge in [-0.3, -0.25) is 0 Å². The van der Waals surface area contributed by atoms with Gasteiger partial charge in [-0.2, -0.15) is 0 Å². The molecule has 2 aromatic carbocycles. The first-order valence-corrected chi connectivity index (χ1v) is 9.07. The SMILES string of the molecule is Cc1c(C(F)F)cc(-c2ccc(CS(=O)O)cc2)n1-c1ccc(F)cc1. The van der Waals surface area contributed by atoms with Crippen molar-refractivity contribution in [2.45, 2.75) is 19.1 Å². The van der Waals surface area contributed by atoms with Crippen LogP contribution in [0.25, 0.3) is 16.9 Å². The van der Waals surface area contributed by atoms with Gasteiger partial charge in [0, 0.05) is 16.9 Å². The highest BCUT2D eigenvalue weighted by Gasteiger charge is 2.20. The minimum absolute atomic E-state index is 0.000561. The molecule has 1 heterocycles. The molecule has 0 aliphatic heterocycles. The minimum Gasteiger partial charge on any atom is -0.313 e. The lowest BCUT2D eigenvalue weighted by Gasteiger charge is -2.13. The van der Waals surface area contributed by atoms with E-state index in [1.807, 2.05) is 0 Å². The van der Waals surface area contributed by atoms with E-state index in [0.717, 1.165) is 0 Å². The van der Waals surface area contributed by atoms with Gasteiger partial charge in [0.15, 0.2) is 11.1 Å². The number of alkyl halides is 2. The number of aromatic nitrogens is 1. The van der Waals surface area contributed by atoms with E-state index in [1.165, 1.54) is 30.3 Å². The largest absolute Gasteiger partial charge is 0.313 e. The maximum Gasteiger partial charge on any atom is 0.265 e. The van der Waals surface area contributed by atoms with Gasteiger partial charge < -0.3 is 9.12 Å². The van der Waals surface area contributed by atoms with Crippen LogP contribution in [0.1, 0.15) is 23.2 Å². The molecule has 7 heteroatoms. The van der Waals surface area contributed by atoms with Gasteiger partial charge in [-0.15, -0.1) is 0 Å². The smallest absolute Gasteiger partial charge is 0.265 e. The van der Waals surface area contributed by atoms with Crippen molar-refractivity contribution in [2.24, 2.45) is 0 Å². The summed E-state index contributed by atoms with van der Waals surface area (Å²) in [5.41, 5.74) is 2.75. The molecular weight excluding hydrogens is 363 g/mol. The first-order chi connectivity index (χ1) is 12.4. The predicted molar refractivity (Wildman–Crippen MR) is 95.3 cm³/mol. The summed E-state index contributed by atoms with van der Waals surface area (Å²) in [4.78, 5) is 0. The van der Waals surface area contributed by atoms with Crippen LogP contribution in [-0.2, 0) is 16.8 Å². The Morgan fingerprint density at radius 2 is 1.69 bits per heavy atom. The number of nitrogens with zero attached hydrogens (tertiary/aromatic N) is 1. The molecule has 0 aliphatic rings. The molecule has 1 atom stereocenters. The lowest BCUT2D eigenvalue weighted by Crippen LogP contribution is -2.00. The summed E-state index contributed by atoms with van der Waals surface area (Å²) in [5.74, 6) is -0.406. The Morgan fingerprint density at radius 1 is 1.08 bits per heavy atom. The highest BCUT2D eigenvalue weighted by Crippen LogP contribution is 2.34. The number of halogens is 3. The lowest BCUT2D eigenvalue weighted by molar-refractivity contribution is 0.150. The summed E-state index contributed by atoms with van der Waals surface area (Å²) in [6.07, 6.45) is -2.63. The van der Waals surface area contributed by atoms with Gasteiger partial charge in [-0.25, -0.2) is 17.4 Å². The predicted octanol–water partition coefficient (Wildman–Crippen LogP) is 5.25. The molecule has 0 spiro atoms. The third-order valence-corrected chi connectivity index (χ3v) is 4.73. The third-order valence-electron chi connectivity index (χ3n) is 4.15. The molecule has 0 saturated carbocycles. The number of rotatable bonds is 5. The van der Waals surface area contributed by atoms with Crippen LogP contribution in [0.3, 0.4) is 0 Å². The number of hydrogen-bond acceptors (Lipinski definition) is 1. The zero-order chi connectivity index (χ0) is 18.8. The standard InChI is InChI=1S/C19H16F3NO2S/c1-12-17(19(21)22)10-18(23(12)16-8-6-15(20)7-9-16)14-4-2-13(3-5-14)11-26(24)25/h2-10,19H,11H2,1H3,(H,24,25). The van der Waals surface area contributed by atoms with Crippen molar-refractivity contribution < 1.29 is 21.9 Å². The molecular formula is C19H16F3NO2S. The minimum atomic E-state index is -2.63. The number of hydrogen-bond donors (Lipinski definition) is 1. The molecule has 26 heavy (non-hydrogen) atoms. The highest BCUT2D eigenvalue weighted by molar-refractivity contribution is 7.78. The van der Waals surface area contributed by atoms with Gasteiger partial charge in [-0.05, 0) is 48.4 Å². The van der Waals surface area contributed by atoms with Crippen molar-refractivity contribution >= 4 is 11.1 Å². The van der Waals surface area contributed by atoms with E-state index in [1.54, 1.807) is 35.8 Å². The van der Waals surface area contributed by atoms with E-state index in [0.29, 0.717) is 28.2 Å². The molecule has 0 aliphatic carbocycles. The van der Waals surface area contributed by atoms with Crippen LogP contribution in [-0.4, -0.2) is 13.3 Å². The highest BCUT2D eigenvalue weighted by atomic mass is 32.2. The average Bonchev–Trinajstić information content (AvgIpc) is 2.93. The maximum absolute atomic E-state index is 13.4. The molecule has 0 bridgehead atoms. The molecule has 3 aromatic rings. The van der Waals surface area contributed by atoms with Crippen LogP contribution >= 0.6 is 0 Å². The van der Waals surface area contributed by atoms with E-state index in [-0.39, 0.29) is 11.3 Å². The molecule has 3 rings (SSSR count). The Morgan fingerprint density at radius 3 is 2.23 bits per heavy atom. The fourth-order valence-electron chi connectivity index (χ4n) is 2.90. The van der Waals surface area contributed by atoms with Crippen molar-refractivity contribution in [1.29, 1.82) is 0 Å². The molecule has 3 nitrogen and oxygen atoms in total. The summed E-state index contributed by atoms with van der Waals surface area (Å²) >= 11 is -1.95. The molecule has 0 saturated heterocycles. The van der Waals surface area contributed by atoms with E-state index in [4.69, 9.17) is 4.55 Å². The van der Waals surface area contributed by atoms with Crippen molar-refractivity contribution in [3.63, 3.8) is 0 Å². The fraction of sp³-hybridized carbons (Fsp3) is 0.158. The molecule has 0 fully saturated rings. The quantitative estimate of drug-likeness (QED) is 0.615. The summed E-state index contributed by atoms with van der Waals surface area (Å²) in [6, 6.07) is 13.8. The fourth-order valence-corrected chi connectivity index (χ4v) is 3.37. The van der Waals surface area contributed by atoms with Gasteiger partial charge in [0.1, 0.15) is 5.82 Å². The summed E-state index contributed by atoms with van der Waals surface area (Å²) in [7, 11) is 0. The lowest BCUT2D eigenvalue weighted by atomic mass is 10.1. The van der Waals surface area contributed by atoms with Crippen LogP contribution in [0.2, 0.25) is 0 Å². The van der Waals surface area contributed by atoms with Crippen LogP contribution in [0, 0.1) is 12.7 Å². The zero-order valence-electron chi connectivity index (χ0n) is 13.8. The number of benzene rings is 2.